The predicted molar refractivity (Wildman–Crippen MR) is 58.7 cm³/mol. The van der Waals surface area contributed by atoms with Gasteiger partial charge in [-0.1, -0.05) is 11.8 Å². The molecule has 0 bridgehead atoms. The Morgan fingerprint density at radius 2 is 2.12 bits per heavy atom. The Kier molecular flexibility index (Phi) is 4.32. The van der Waals surface area contributed by atoms with Gasteiger partial charge in [-0.25, -0.2) is 13.6 Å². The number of carboxylic acid groups (broad SMARTS) is 1. The SMILES string of the molecule is O=C(O)c1c(F)ccc(C#CCCS)c1F. The second-order valence-corrected chi connectivity index (χ2v) is 3.31. The van der Waals surface area contributed by atoms with E-state index in [1.165, 1.54) is 0 Å². The quantitative estimate of drug-likeness (QED) is 0.617. The van der Waals surface area contributed by atoms with Crippen molar-refractivity contribution in [3.05, 3.63) is 34.9 Å². The molecule has 1 aromatic carbocycles. The highest BCUT2D eigenvalue weighted by Crippen LogP contribution is 2.16. The lowest BCUT2D eigenvalue weighted by atomic mass is 10.1. The van der Waals surface area contributed by atoms with Crippen LogP contribution in [0.4, 0.5) is 8.78 Å². The van der Waals surface area contributed by atoms with Crippen LogP contribution in [0.1, 0.15) is 22.3 Å². The molecular weight excluding hydrogens is 234 g/mol. The molecule has 0 aliphatic carbocycles. The van der Waals surface area contributed by atoms with E-state index >= 15 is 0 Å². The molecule has 0 fully saturated rings. The van der Waals surface area contributed by atoms with Crippen LogP contribution in [0.3, 0.4) is 0 Å². The van der Waals surface area contributed by atoms with Gasteiger partial charge in [-0.3, -0.25) is 0 Å². The number of carboxylic acids is 1. The van der Waals surface area contributed by atoms with Gasteiger partial charge in [0.1, 0.15) is 11.4 Å². The van der Waals surface area contributed by atoms with Crippen LogP contribution in [0.25, 0.3) is 0 Å². The zero-order valence-electron chi connectivity index (χ0n) is 8.13. The molecule has 2 nitrogen and oxygen atoms in total. The molecule has 0 atom stereocenters. The first kappa shape index (κ1) is 12.5. The first-order chi connectivity index (χ1) is 7.57. The van der Waals surface area contributed by atoms with Gasteiger partial charge in [0.25, 0.3) is 0 Å². The Morgan fingerprint density at radius 1 is 1.44 bits per heavy atom. The topological polar surface area (TPSA) is 37.3 Å². The molecule has 84 valence electrons. The lowest BCUT2D eigenvalue weighted by Crippen LogP contribution is -2.06. The maximum atomic E-state index is 13.5. The minimum absolute atomic E-state index is 0.124. The molecule has 0 spiro atoms. The highest BCUT2D eigenvalue weighted by molar-refractivity contribution is 7.80. The molecule has 0 aliphatic heterocycles. The molecule has 1 N–H and O–H groups in total. The van der Waals surface area contributed by atoms with Gasteiger partial charge >= 0.3 is 5.97 Å². The zero-order valence-corrected chi connectivity index (χ0v) is 9.02. The summed E-state index contributed by atoms with van der Waals surface area (Å²) in [7, 11) is 0. The van der Waals surface area contributed by atoms with E-state index in [2.05, 4.69) is 24.5 Å². The maximum absolute atomic E-state index is 13.5. The van der Waals surface area contributed by atoms with E-state index in [4.69, 9.17) is 5.11 Å². The number of rotatable bonds is 2. The number of aromatic carboxylic acids is 1. The number of hydrogen-bond donors (Lipinski definition) is 2. The summed E-state index contributed by atoms with van der Waals surface area (Å²) in [5.41, 5.74) is -1.10. The first-order valence-electron chi connectivity index (χ1n) is 4.39. The average molecular weight is 242 g/mol. The standard InChI is InChI=1S/C11H8F2O2S/c12-8-5-4-7(3-1-2-6-16)10(13)9(8)11(14)15/h4-5,16H,2,6H2,(H,14,15). The minimum atomic E-state index is -1.65. The lowest BCUT2D eigenvalue weighted by molar-refractivity contribution is 0.0686. The van der Waals surface area contributed by atoms with Crippen molar-refractivity contribution in [3.63, 3.8) is 0 Å². The van der Waals surface area contributed by atoms with E-state index in [1.54, 1.807) is 0 Å². The molecule has 0 aromatic heterocycles. The number of hydrogen-bond acceptors (Lipinski definition) is 2. The third-order valence-corrected chi connectivity index (χ3v) is 1.99. The van der Waals surface area contributed by atoms with Crippen molar-refractivity contribution in [1.82, 2.24) is 0 Å². The Labute approximate surface area is 96.7 Å². The van der Waals surface area contributed by atoms with E-state index in [1.807, 2.05) is 0 Å². The number of carbonyl (C=O) groups is 1. The van der Waals surface area contributed by atoms with Crippen LogP contribution in [0, 0.1) is 23.5 Å². The van der Waals surface area contributed by atoms with Crippen molar-refractivity contribution in [2.75, 3.05) is 5.75 Å². The van der Waals surface area contributed by atoms with Crippen molar-refractivity contribution in [2.24, 2.45) is 0 Å². The fourth-order valence-electron chi connectivity index (χ4n) is 1.06. The highest BCUT2D eigenvalue weighted by Gasteiger charge is 2.18. The summed E-state index contributed by atoms with van der Waals surface area (Å²) >= 11 is 3.91. The molecule has 1 rings (SSSR count). The third kappa shape index (κ3) is 2.74. The Morgan fingerprint density at radius 3 is 2.69 bits per heavy atom. The van der Waals surface area contributed by atoms with Crippen molar-refractivity contribution in [2.45, 2.75) is 6.42 Å². The van der Waals surface area contributed by atoms with Crippen molar-refractivity contribution >= 4 is 18.6 Å². The molecular formula is C11H8F2O2S. The minimum Gasteiger partial charge on any atom is -0.477 e. The summed E-state index contributed by atoms with van der Waals surface area (Å²) in [5.74, 6) is 1.65. The van der Waals surface area contributed by atoms with Gasteiger partial charge in [0.15, 0.2) is 5.82 Å². The average Bonchev–Trinajstić information content (AvgIpc) is 2.21. The molecule has 16 heavy (non-hydrogen) atoms. The van der Waals surface area contributed by atoms with Crippen LogP contribution < -0.4 is 0 Å². The van der Waals surface area contributed by atoms with E-state index < -0.39 is 23.2 Å². The summed E-state index contributed by atoms with van der Waals surface area (Å²) in [5, 5.41) is 8.60. The number of halogens is 2. The van der Waals surface area contributed by atoms with Crippen LogP contribution in [-0.2, 0) is 0 Å². The fourth-order valence-corrected chi connectivity index (χ4v) is 1.17. The van der Waals surface area contributed by atoms with Gasteiger partial charge in [0, 0.05) is 12.2 Å². The molecule has 0 unspecified atom stereocenters. The molecule has 0 aliphatic rings. The molecule has 1 aromatic rings. The van der Waals surface area contributed by atoms with Crippen LogP contribution in [0.5, 0.6) is 0 Å². The van der Waals surface area contributed by atoms with Crippen LogP contribution >= 0.6 is 12.6 Å². The van der Waals surface area contributed by atoms with Gasteiger partial charge < -0.3 is 5.11 Å². The summed E-state index contributed by atoms with van der Waals surface area (Å²) in [6.45, 7) is 0. The van der Waals surface area contributed by atoms with E-state index in [0.29, 0.717) is 12.2 Å². The Hall–Kier alpha value is -1.54. The molecule has 5 heteroatoms. The Balaban J connectivity index is 3.20. The molecule has 0 saturated heterocycles. The number of benzene rings is 1. The summed E-state index contributed by atoms with van der Waals surface area (Å²) in [4.78, 5) is 10.6. The highest BCUT2D eigenvalue weighted by atomic mass is 32.1. The Bertz CT molecular complexity index is 475. The van der Waals surface area contributed by atoms with E-state index in [-0.39, 0.29) is 5.56 Å². The lowest BCUT2D eigenvalue weighted by Gasteiger charge is -2.01. The van der Waals surface area contributed by atoms with Gasteiger partial charge in [0.05, 0.1) is 5.56 Å². The second-order valence-electron chi connectivity index (χ2n) is 2.86. The third-order valence-electron chi connectivity index (χ3n) is 1.76. The zero-order chi connectivity index (χ0) is 12.1. The smallest absolute Gasteiger partial charge is 0.341 e. The van der Waals surface area contributed by atoms with Crippen molar-refractivity contribution < 1.29 is 18.7 Å². The number of thiol groups is 1. The fraction of sp³-hybridized carbons (Fsp3) is 0.182. The summed E-state index contributed by atoms with van der Waals surface area (Å²) in [6.07, 6.45) is 0.447. The normalized spacial score (nSPS) is 9.44. The van der Waals surface area contributed by atoms with Crippen molar-refractivity contribution in [1.29, 1.82) is 0 Å². The van der Waals surface area contributed by atoms with Crippen LogP contribution in [0.15, 0.2) is 12.1 Å². The summed E-state index contributed by atoms with van der Waals surface area (Å²) in [6, 6.07) is 2.00. The van der Waals surface area contributed by atoms with E-state index in [0.717, 1.165) is 12.1 Å². The largest absolute Gasteiger partial charge is 0.477 e. The van der Waals surface area contributed by atoms with Crippen LogP contribution in [0.2, 0.25) is 0 Å². The maximum Gasteiger partial charge on any atom is 0.341 e. The monoisotopic (exact) mass is 242 g/mol. The van der Waals surface area contributed by atoms with E-state index in [9.17, 15) is 13.6 Å². The second kappa shape index (κ2) is 5.52. The van der Waals surface area contributed by atoms with Crippen molar-refractivity contribution in [3.8, 4) is 11.8 Å². The summed E-state index contributed by atoms with van der Waals surface area (Å²) < 4.78 is 26.5. The predicted octanol–water partition coefficient (Wildman–Crippen LogP) is 2.33. The molecule has 0 heterocycles. The van der Waals surface area contributed by atoms with Gasteiger partial charge in [-0.05, 0) is 12.1 Å². The van der Waals surface area contributed by atoms with Crippen LogP contribution in [-0.4, -0.2) is 16.8 Å². The van der Waals surface area contributed by atoms with Gasteiger partial charge in [0.2, 0.25) is 0 Å². The molecule has 0 amide bonds. The van der Waals surface area contributed by atoms with Gasteiger partial charge in [-0.15, -0.1) is 0 Å². The molecule has 0 radical (unpaired) electrons. The first-order valence-corrected chi connectivity index (χ1v) is 5.02. The molecule has 0 saturated carbocycles. The van der Waals surface area contributed by atoms with Gasteiger partial charge in [-0.2, -0.15) is 12.6 Å².